The van der Waals surface area contributed by atoms with Crippen LogP contribution in [0.5, 0.6) is 11.5 Å². The molecule has 1 N–H and O–H groups in total. The topological polar surface area (TPSA) is 33.7 Å². The van der Waals surface area contributed by atoms with E-state index in [1.807, 2.05) is 12.1 Å². The molecular weight excluding hydrogens is 240 g/mol. The highest BCUT2D eigenvalue weighted by Crippen LogP contribution is 2.33. The van der Waals surface area contributed by atoms with Crippen molar-refractivity contribution < 1.29 is 9.47 Å². The van der Waals surface area contributed by atoms with Crippen molar-refractivity contribution in [2.24, 2.45) is 0 Å². The molecule has 2 rings (SSSR count). The Morgan fingerprint density at radius 3 is 2.84 bits per heavy atom. The summed E-state index contributed by atoms with van der Waals surface area (Å²) in [5, 5.41) is 3.54. The van der Waals surface area contributed by atoms with Crippen LogP contribution in [-0.4, -0.2) is 39.9 Å². The second-order valence-electron chi connectivity index (χ2n) is 4.88. The van der Waals surface area contributed by atoms with Crippen molar-refractivity contribution in [3.8, 4) is 11.5 Å². The first kappa shape index (κ1) is 14.0. The standard InChI is InChI=1S/C15H24N2O2/c1-4-16-12-6-5-9-17(11-12)14-10-13(18-2)7-8-15(14)19-3/h7-8,10,12,16H,4-6,9,11H2,1-3H3. The van der Waals surface area contributed by atoms with Crippen LogP contribution in [0, 0.1) is 0 Å². The summed E-state index contributed by atoms with van der Waals surface area (Å²) in [6, 6.07) is 6.54. The third-order valence-electron chi connectivity index (χ3n) is 3.64. The molecule has 4 heteroatoms. The summed E-state index contributed by atoms with van der Waals surface area (Å²) in [6.45, 7) is 5.28. The minimum absolute atomic E-state index is 0.564. The Labute approximate surface area is 115 Å². The van der Waals surface area contributed by atoms with E-state index in [1.54, 1.807) is 14.2 Å². The zero-order valence-corrected chi connectivity index (χ0v) is 12.1. The molecule has 4 nitrogen and oxygen atoms in total. The van der Waals surface area contributed by atoms with Crippen LogP contribution in [0.15, 0.2) is 18.2 Å². The summed E-state index contributed by atoms with van der Waals surface area (Å²) < 4.78 is 10.8. The Balaban J connectivity index is 2.19. The van der Waals surface area contributed by atoms with E-state index in [-0.39, 0.29) is 0 Å². The van der Waals surface area contributed by atoms with Crippen LogP contribution in [0.1, 0.15) is 19.8 Å². The van der Waals surface area contributed by atoms with Gasteiger partial charge in [-0.3, -0.25) is 0 Å². The number of benzene rings is 1. The fourth-order valence-corrected chi connectivity index (χ4v) is 2.70. The highest BCUT2D eigenvalue weighted by molar-refractivity contribution is 5.62. The smallest absolute Gasteiger partial charge is 0.142 e. The average molecular weight is 264 g/mol. The normalized spacial score (nSPS) is 19.3. The highest BCUT2D eigenvalue weighted by Gasteiger charge is 2.21. The number of nitrogens with one attached hydrogen (secondary N) is 1. The number of hydrogen-bond acceptors (Lipinski definition) is 4. The van der Waals surface area contributed by atoms with Crippen LogP contribution < -0.4 is 19.7 Å². The van der Waals surface area contributed by atoms with Crippen molar-refractivity contribution in [2.45, 2.75) is 25.8 Å². The predicted octanol–water partition coefficient (Wildman–Crippen LogP) is 2.28. The molecule has 1 fully saturated rings. The minimum atomic E-state index is 0.564. The van der Waals surface area contributed by atoms with E-state index >= 15 is 0 Å². The lowest BCUT2D eigenvalue weighted by atomic mass is 10.0. The molecule has 19 heavy (non-hydrogen) atoms. The van der Waals surface area contributed by atoms with Gasteiger partial charge in [0, 0.05) is 25.2 Å². The van der Waals surface area contributed by atoms with Gasteiger partial charge in [0.25, 0.3) is 0 Å². The molecule has 106 valence electrons. The third kappa shape index (κ3) is 3.32. The largest absolute Gasteiger partial charge is 0.497 e. The maximum Gasteiger partial charge on any atom is 0.142 e. The quantitative estimate of drug-likeness (QED) is 0.884. The third-order valence-corrected chi connectivity index (χ3v) is 3.64. The number of likely N-dealkylation sites (N-methyl/N-ethyl adjacent to an activating group) is 1. The summed E-state index contributed by atoms with van der Waals surface area (Å²) in [4.78, 5) is 2.39. The number of piperidine rings is 1. The first-order valence-corrected chi connectivity index (χ1v) is 6.98. The zero-order chi connectivity index (χ0) is 13.7. The van der Waals surface area contributed by atoms with Crippen LogP contribution in [0.25, 0.3) is 0 Å². The minimum Gasteiger partial charge on any atom is -0.497 e. The van der Waals surface area contributed by atoms with Gasteiger partial charge >= 0.3 is 0 Å². The molecule has 1 aromatic rings. The van der Waals surface area contributed by atoms with Crippen molar-refractivity contribution in [1.29, 1.82) is 0 Å². The zero-order valence-electron chi connectivity index (χ0n) is 12.1. The number of hydrogen-bond donors (Lipinski definition) is 1. The summed E-state index contributed by atoms with van der Waals surface area (Å²) in [7, 11) is 3.42. The van der Waals surface area contributed by atoms with Crippen molar-refractivity contribution in [1.82, 2.24) is 5.32 Å². The molecule has 0 radical (unpaired) electrons. The molecule has 1 heterocycles. The fraction of sp³-hybridized carbons (Fsp3) is 0.600. The van der Waals surface area contributed by atoms with Crippen LogP contribution in [0.2, 0.25) is 0 Å². The molecule has 1 aromatic carbocycles. The van der Waals surface area contributed by atoms with Gasteiger partial charge in [0.05, 0.1) is 19.9 Å². The molecule has 0 spiro atoms. The molecule has 0 aromatic heterocycles. The summed E-state index contributed by atoms with van der Waals surface area (Å²) in [6.07, 6.45) is 2.45. The van der Waals surface area contributed by atoms with E-state index in [4.69, 9.17) is 9.47 Å². The molecule has 0 aliphatic carbocycles. The maximum absolute atomic E-state index is 5.48. The first-order valence-electron chi connectivity index (χ1n) is 6.98. The number of rotatable bonds is 5. The van der Waals surface area contributed by atoms with E-state index in [0.29, 0.717) is 6.04 Å². The van der Waals surface area contributed by atoms with E-state index in [2.05, 4.69) is 23.2 Å². The Morgan fingerprint density at radius 1 is 1.32 bits per heavy atom. The Kier molecular flexibility index (Phi) is 4.91. The first-order chi connectivity index (χ1) is 9.28. The lowest BCUT2D eigenvalue weighted by molar-refractivity contribution is 0.395. The molecule has 1 unspecified atom stereocenters. The van der Waals surface area contributed by atoms with Crippen molar-refractivity contribution in [3.05, 3.63) is 18.2 Å². The summed E-state index contributed by atoms with van der Waals surface area (Å²) >= 11 is 0. The van der Waals surface area contributed by atoms with Gasteiger partial charge in [0.2, 0.25) is 0 Å². The monoisotopic (exact) mass is 264 g/mol. The second kappa shape index (κ2) is 6.66. The van der Waals surface area contributed by atoms with E-state index < -0.39 is 0 Å². The molecule has 1 atom stereocenters. The van der Waals surface area contributed by atoms with Gasteiger partial charge in [-0.15, -0.1) is 0 Å². The molecule has 0 bridgehead atoms. The number of anilines is 1. The SMILES string of the molecule is CCNC1CCCN(c2cc(OC)ccc2OC)C1. The van der Waals surface area contributed by atoms with Gasteiger partial charge in [-0.1, -0.05) is 6.92 Å². The van der Waals surface area contributed by atoms with Gasteiger partial charge < -0.3 is 19.7 Å². The van der Waals surface area contributed by atoms with E-state index in [1.165, 1.54) is 12.8 Å². The molecule has 1 aliphatic rings. The Morgan fingerprint density at radius 2 is 2.16 bits per heavy atom. The lowest BCUT2D eigenvalue weighted by Gasteiger charge is -2.35. The number of nitrogens with zero attached hydrogens (tertiary/aromatic N) is 1. The second-order valence-corrected chi connectivity index (χ2v) is 4.88. The molecule has 1 aliphatic heterocycles. The molecule has 0 amide bonds. The average Bonchev–Trinajstić information content (AvgIpc) is 2.47. The number of methoxy groups -OCH3 is 2. The Bertz CT molecular complexity index is 407. The number of ether oxygens (including phenoxy) is 2. The van der Waals surface area contributed by atoms with Crippen molar-refractivity contribution in [3.63, 3.8) is 0 Å². The van der Waals surface area contributed by atoms with Crippen molar-refractivity contribution >= 4 is 5.69 Å². The van der Waals surface area contributed by atoms with E-state index in [0.717, 1.165) is 36.8 Å². The van der Waals surface area contributed by atoms with Gasteiger partial charge in [-0.2, -0.15) is 0 Å². The highest BCUT2D eigenvalue weighted by atomic mass is 16.5. The Hall–Kier alpha value is -1.42. The maximum atomic E-state index is 5.48. The van der Waals surface area contributed by atoms with Gasteiger partial charge in [0.15, 0.2) is 0 Å². The van der Waals surface area contributed by atoms with Crippen LogP contribution in [-0.2, 0) is 0 Å². The van der Waals surface area contributed by atoms with Crippen LogP contribution in [0.4, 0.5) is 5.69 Å². The van der Waals surface area contributed by atoms with E-state index in [9.17, 15) is 0 Å². The molecular formula is C15H24N2O2. The van der Waals surface area contributed by atoms with Crippen LogP contribution >= 0.6 is 0 Å². The van der Waals surface area contributed by atoms with Crippen LogP contribution in [0.3, 0.4) is 0 Å². The summed E-state index contributed by atoms with van der Waals surface area (Å²) in [5.74, 6) is 1.79. The fourth-order valence-electron chi connectivity index (χ4n) is 2.70. The van der Waals surface area contributed by atoms with Gasteiger partial charge in [0.1, 0.15) is 11.5 Å². The molecule has 0 saturated carbocycles. The molecule has 1 saturated heterocycles. The van der Waals surface area contributed by atoms with Gasteiger partial charge in [-0.05, 0) is 31.5 Å². The van der Waals surface area contributed by atoms with Gasteiger partial charge in [-0.25, -0.2) is 0 Å². The van der Waals surface area contributed by atoms with Crippen molar-refractivity contribution in [2.75, 3.05) is 38.8 Å². The summed E-state index contributed by atoms with van der Waals surface area (Å²) in [5.41, 5.74) is 1.13. The predicted molar refractivity (Wildman–Crippen MR) is 78.5 cm³/mol. The lowest BCUT2D eigenvalue weighted by Crippen LogP contribution is -2.45.